The van der Waals surface area contributed by atoms with Crippen LogP contribution in [0.2, 0.25) is 0 Å². The Labute approximate surface area is 180 Å². The van der Waals surface area contributed by atoms with Crippen LogP contribution in [0.1, 0.15) is 29.6 Å². The van der Waals surface area contributed by atoms with E-state index in [1.165, 1.54) is 11.0 Å². The van der Waals surface area contributed by atoms with E-state index >= 15 is 0 Å². The number of ether oxygens (including phenoxy) is 3. The van der Waals surface area contributed by atoms with Gasteiger partial charge in [0.25, 0.3) is 0 Å². The third kappa shape index (κ3) is 2.50. The van der Waals surface area contributed by atoms with E-state index in [2.05, 4.69) is 0 Å². The quantitative estimate of drug-likeness (QED) is 0.578. The summed E-state index contributed by atoms with van der Waals surface area (Å²) in [6.45, 7) is 1.70. The first-order chi connectivity index (χ1) is 15.3. The summed E-state index contributed by atoms with van der Waals surface area (Å²) in [4.78, 5) is 15.3. The highest BCUT2D eigenvalue weighted by Crippen LogP contribution is 2.55. The highest BCUT2D eigenvalue weighted by molar-refractivity contribution is 6.11. The standard InChI is InChI=1S/C23H16F3NO5/c1-12-30-18-8-15-17(9-19(18)31-12)29-11-22(15)14-4-2-3-5-16(14)27(21(22)28)10-13-6-7-20(32-13)23(24,25)26/h2-9,12H,10-11H2,1H3. The Morgan fingerprint density at radius 2 is 1.78 bits per heavy atom. The topological polar surface area (TPSA) is 61.1 Å². The number of benzene rings is 2. The number of para-hydroxylation sites is 1. The number of nitrogens with zero attached hydrogens (tertiary/aromatic N) is 1. The van der Waals surface area contributed by atoms with Gasteiger partial charge in [-0.25, -0.2) is 0 Å². The summed E-state index contributed by atoms with van der Waals surface area (Å²) in [5.74, 6) is 0.220. The van der Waals surface area contributed by atoms with Gasteiger partial charge in [-0.1, -0.05) is 18.2 Å². The molecule has 0 aliphatic carbocycles. The minimum absolute atomic E-state index is 0.0381. The van der Waals surface area contributed by atoms with Crippen molar-refractivity contribution in [2.24, 2.45) is 0 Å². The van der Waals surface area contributed by atoms with Crippen molar-refractivity contribution in [2.75, 3.05) is 11.5 Å². The Kier molecular flexibility index (Phi) is 3.71. The molecule has 0 saturated carbocycles. The molecule has 0 saturated heterocycles. The summed E-state index contributed by atoms with van der Waals surface area (Å²) in [5.41, 5.74) is 0.836. The Bertz CT molecular complexity index is 1270. The van der Waals surface area contributed by atoms with Gasteiger partial charge in [0.2, 0.25) is 18.0 Å². The van der Waals surface area contributed by atoms with Crippen molar-refractivity contribution < 1.29 is 36.6 Å². The molecule has 2 unspecified atom stereocenters. The highest BCUT2D eigenvalue weighted by Gasteiger charge is 2.57. The molecule has 32 heavy (non-hydrogen) atoms. The van der Waals surface area contributed by atoms with Gasteiger partial charge >= 0.3 is 6.18 Å². The second-order valence-electron chi connectivity index (χ2n) is 7.96. The van der Waals surface area contributed by atoms with Gasteiger partial charge in [-0.2, -0.15) is 13.2 Å². The molecule has 164 valence electrons. The van der Waals surface area contributed by atoms with Crippen molar-refractivity contribution in [3.8, 4) is 17.2 Å². The molecule has 0 fully saturated rings. The van der Waals surface area contributed by atoms with Gasteiger partial charge in [0, 0.05) is 24.2 Å². The van der Waals surface area contributed by atoms with Crippen LogP contribution in [0, 0.1) is 0 Å². The second kappa shape index (κ2) is 6.21. The number of hydrogen-bond acceptors (Lipinski definition) is 5. The van der Waals surface area contributed by atoms with Gasteiger partial charge in [0.1, 0.15) is 23.5 Å². The van der Waals surface area contributed by atoms with Gasteiger partial charge in [-0.15, -0.1) is 0 Å². The summed E-state index contributed by atoms with van der Waals surface area (Å²) in [6.07, 6.45) is -5.04. The van der Waals surface area contributed by atoms with E-state index in [1.807, 2.05) is 12.1 Å². The number of alkyl halides is 3. The van der Waals surface area contributed by atoms with Crippen LogP contribution in [0.25, 0.3) is 0 Å². The van der Waals surface area contributed by atoms with Crippen LogP contribution in [0.4, 0.5) is 18.9 Å². The molecule has 0 N–H and O–H groups in total. The summed E-state index contributed by atoms with van der Waals surface area (Å²) < 4.78 is 61.1. The van der Waals surface area contributed by atoms with E-state index in [9.17, 15) is 18.0 Å². The lowest BCUT2D eigenvalue weighted by Crippen LogP contribution is -2.42. The maximum atomic E-state index is 13.8. The van der Waals surface area contributed by atoms with Crippen LogP contribution in [-0.2, 0) is 22.9 Å². The lowest BCUT2D eigenvalue weighted by molar-refractivity contribution is -0.153. The van der Waals surface area contributed by atoms with Crippen LogP contribution in [0.3, 0.4) is 0 Å². The number of halogens is 3. The number of fused-ring (bicyclic) bond motifs is 5. The Morgan fingerprint density at radius 3 is 2.53 bits per heavy atom. The number of furan rings is 1. The second-order valence-corrected chi connectivity index (χ2v) is 7.96. The highest BCUT2D eigenvalue weighted by atomic mass is 19.4. The van der Waals surface area contributed by atoms with Crippen molar-refractivity contribution >= 4 is 11.6 Å². The van der Waals surface area contributed by atoms with Crippen molar-refractivity contribution in [3.63, 3.8) is 0 Å². The van der Waals surface area contributed by atoms with Gasteiger partial charge in [0.15, 0.2) is 11.5 Å². The molecule has 6 rings (SSSR count). The largest absolute Gasteiger partial charge is 0.491 e. The average molecular weight is 443 g/mol. The molecule has 3 aromatic rings. The predicted octanol–water partition coefficient (Wildman–Crippen LogP) is 4.64. The minimum Gasteiger partial charge on any atom is -0.491 e. The molecule has 1 spiro atoms. The van der Waals surface area contributed by atoms with Crippen LogP contribution < -0.4 is 19.1 Å². The summed E-state index contributed by atoms with van der Waals surface area (Å²) in [5, 5.41) is 0. The van der Waals surface area contributed by atoms with E-state index in [0.29, 0.717) is 28.5 Å². The fourth-order valence-electron chi connectivity index (χ4n) is 4.68. The van der Waals surface area contributed by atoms with Crippen molar-refractivity contribution in [3.05, 3.63) is 71.2 Å². The number of carbonyl (C=O) groups excluding carboxylic acids is 1. The Hall–Kier alpha value is -3.62. The van der Waals surface area contributed by atoms with Gasteiger partial charge in [-0.3, -0.25) is 4.79 Å². The zero-order valence-electron chi connectivity index (χ0n) is 16.7. The van der Waals surface area contributed by atoms with E-state index < -0.39 is 23.6 Å². The van der Waals surface area contributed by atoms with Crippen LogP contribution in [0.15, 0.2) is 52.9 Å². The Balaban J connectivity index is 1.44. The molecule has 4 heterocycles. The van der Waals surface area contributed by atoms with Crippen LogP contribution in [-0.4, -0.2) is 18.8 Å². The number of rotatable bonds is 2. The number of hydrogen-bond donors (Lipinski definition) is 0. The van der Waals surface area contributed by atoms with Crippen molar-refractivity contribution in [2.45, 2.75) is 31.3 Å². The lowest BCUT2D eigenvalue weighted by Gasteiger charge is -2.22. The van der Waals surface area contributed by atoms with Crippen molar-refractivity contribution in [1.82, 2.24) is 0 Å². The minimum atomic E-state index is -4.59. The number of carbonyl (C=O) groups is 1. The normalized spacial score (nSPS) is 22.9. The fourth-order valence-corrected chi connectivity index (χ4v) is 4.68. The average Bonchev–Trinajstić information content (AvgIpc) is 3.49. The third-order valence-corrected chi connectivity index (χ3v) is 6.06. The molecule has 3 aliphatic heterocycles. The monoisotopic (exact) mass is 443 g/mol. The van der Waals surface area contributed by atoms with Crippen LogP contribution in [0.5, 0.6) is 17.2 Å². The van der Waals surface area contributed by atoms with Gasteiger partial charge < -0.3 is 23.5 Å². The van der Waals surface area contributed by atoms with E-state index in [1.54, 1.807) is 31.2 Å². The molecule has 2 aromatic carbocycles. The summed E-state index contributed by atoms with van der Waals surface area (Å²) in [6, 6.07) is 12.8. The predicted molar refractivity (Wildman–Crippen MR) is 105 cm³/mol. The molecule has 0 bridgehead atoms. The molecule has 0 radical (unpaired) electrons. The number of amides is 1. The molecular weight excluding hydrogens is 427 g/mol. The lowest BCUT2D eigenvalue weighted by atomic mass is 9.77. The molecule has 3 aliphatic rings. The van der Waals surface area contributed by atoms with Gasteiger partial charge in [0.05, 0.1) is 6.54 Å². The SMILES string of the molecule is CC1Oc2cc3c(cc2O1)C1(CO3)C(=O)N(Cc2ccc(C(F)(F)F)o2)c2ccccc21. The smallest absolute Gasteiger partial charge is 0.449 e. The fraction of sp³-hybridized carbons (Fsp3) is 0.261. The van der Waals surface area contributed by atoms with Crippen molar-refractivity contribution in [1.29, 1.82) is 0 Å². The van der Waals surface area contributed by atoms with Gasteiger partial charge in [-0.05, 0) is 29.8 Å². The number of anilines is 1. The first-order valence-electron chi connectivity index (χ1n) is 9.99. The van der Waals surface area contributed by atoms with E-state index in [0.717, 1.165) is 11.6 Å². The first kappa shape index (κ1) is 19.1. The molecule has 2 atom stereocenters. The van der Waals surface area contributed by atoms with E-state index in [4.69, 9.17) is 18.6 Å². The third-order valence-electron chi connectivity index (χ3n) is 6.06. The summed E-state index contributed by atoms with van der Waals surface area (Å²) in [7, 11) is 0. The summed E-state index contributed by atoms with van der Waals surface area (Å²) >= 11 is 0. The molecular formula is C23H16F3NO5. The maximum absolute atomic E-state index is 13.8. The maximum Gasteiger partial charge on any atom is 0.449 e. The zero-order chi connectivity index (χ0) is 22.3. The van der Waals surface area contributed by atoms with E-state index in [-0.39, 0.29) is 24.8 Å². The molecule has 1 amide bonds. The first-order valence-corrected chi connectivity index (χ1v) is 9.99. The van der Waals surface area contributed by atoms with Crippen LogP contribution >= 0.6 is 0 Å². The molecule has 9 heteroatoms. The molecule has 6 nitrogen and oxygen atoms in total. The zero-order valence-corrected chi connectivity index (χ0v) is 16.7. The molecule has 1 aromatic heterocycles. The Morgan fingerprint density at radius 1 is 1.03 bits per heavy atom.